The fourth-order valence-corrected chi connectivity index (χ4v) is 3.74. The molecule has 0 bridgehead atoms. The molecule has 0 saturated carbocycles. The van der Waals surface area contributed by atoms with Crippen LogP contribution in [-0.4, -0.2) is 41.4 Å². The number of carbonyl (C=O) groups excluding carboxylic acids is 1. The molecule has 1 atom stereocenters. The third-order valence-electron chi connectivity index (χ3n) is 5.77. The molecule has 34 heavy (non-hydrogen) atoms. The predicted molar refractivity (Wildman–Crippen MR) is 135 cm³/mol. The highest BCUT2D eigenvalue weighted by Gasteiger charge is 2.34. The summed E-state index contributed by atoms with van der Waals surface area (Å²) >= 11 is 0. The molecule has 0 aliphatic rings. The van der Waals surface area contributed by atoms with Crippen molar-refractivity contribution in [1.29, 1.82) is 0 Å². The number of para-hydroxylation sites is 1. The topological polar surface area (TPSA) is 80.7 Å². The van der Waals surface area contributed by atoms with Crippen LogP contribution in [0.4, 0.5) is 0 Å². The highest BCUT2D eigenvalue weighted by molar-refractivity contribution is 5.88. The lowest BCUT2D eigenvalue weighted by Crippen LogP contribution is -2.45. The lowest BCUT2D eigenvalue weighted by molar-refractivity contribution is -0.127. The average molecular weight is 465 g/mol. The van der Waals surface area contributed by atoms with Crippen LogP contribution in [0.1, 0.15) is 50.9 Å². The number of pyridine rings is 1. The molecule has 6 heteroatoms. The second kappa shape index (κ2) is 11.0. The molecule has 1 heterocycles. The molecule has 0 spiro atoms. The van der Waals surface area contributed by atoms with E-state index in [2.05, 4.69) is 10.3 Å². The van der Waals surface area contributed by atoms with Crippen LogP contribution in [0.5, 0.6) is 5.75 Å². The van der Waals surface area contributed by atoms with Crippen LogP contribution in [0, 0.1) is 6.92 Å². The standard InChI is InChI=1S/C28H36N2O4/c1-20-17-21(24-9-6-7-10-25(24)30-20)18-33-23-13-11-22(12-14-23)28(5,19-31)26(32)29-15-8-16-34-27(2,3)4/h6-7,9-14,17,31H,8,15-16,18-19H2,1-5H3,(H,29,32). The van der Waals surface area contributed by atoms with Crippen molar-refractivity contribution in [1.82, 2.24) is 10.3 Å². The summed E-state index contributed by atoms with van der Waals surface area (Å²) in [6, 6.07) is 17.4. The summed E-state index contributed by atoms with van der Waals surface area (Å²) in [6.07, 6.45) is 0.709. The van der Waals surface area contributed by atoms with Gasteiger partial charge < -0.3 is 19.9 Å². The Hall–Kier alpha value is -2.96. The maximum absolute atomic E-state index is 12.9. The number of amides is 1. The SMILES string of the molecule is Cc1cc(COc2ccc(C(C)(CO)C(=O)NCCCOC(C)(C)C)cc2)c2ccccc2n1. The maximum Gasteiger partial charge on any atom is 0.232 e. The molecule has 0 aliphatic heterocycles. The van der Waals surface area contributed by atoms with Crippen molar-refractivity contribution in [3.8, 4) is 5.75 Å². The molecule has 6 nitrogen and oxygen atoms in total. The molecule has 1 aromatic heterocycles. The van der Waals surface area contributed by atoms with Gasteiger partial charge in [0.15, 0.2) is 0 Å². The first-order valence-corrected chi connectivity index (χ1v) is 11.7. The van der Waals surface area contributed by atoms with Gasteiger partial charge in [-0.2, -0.15) is 0 Å². The van der Waals surface area contributed by atoms with E-state index in [9.17, 15) is 9.90 Å². The van der Waals surface area contributed by atoms with E-state index in [4.69, 9.17) is 9.47 Å². The molecule has 1 amide bonds. The maximum atomic E-state index is 12.9. The molecule has 2 N–H and O–H groups in total. The van der Waals surface area contributed by atoms with E-state index in [1.165, 1.54) is 0 Å². The van der Waals surface area contributed by atoms with Crippen molar-refractivity contribution >= 4 is 16.8 Å². The Labute approximate surface area is 202 Å². The number of benzene rings is 2. The molecule has 0 radical (unpaired) electrons. The zero-order valence-corrected chi connectivity index (χ0v) is 20.9. The van der Waals surface area contributed by atoms with E-state index in [1.807, 2.05) is 82.3 Å². The first-order chi connectivity index (χ1) is 16.1. The number of rotatable bonds is 10. The minimum Gasteiger partial charge on any atom is -0.489 e. The van der Waals surface area contributed by atoms with Gasteiger partial charge in [0.05, 0.1) is 23.1 Å². The molecule has 3 rings (SSSR count). The van der Waals surface area contributed by atoms with Crippen LogP contribution in [-0.2, 0) is 21.6 Å². The van der Waals surface area contributed by atoms with Gasteiger partial charge in [0.25, 0.3) is 0 Å². The summed E-state index contributed by atoms with van der Waals surface area (Å²) in [5.41, 5.74) is 2.46. The zero-order chi connectivity index (χ0) is 24.8. The number of aryl methyl sites for hydroxylation is 1. The summed E-state index contributed by atoms with van der Waals surface area (Å²) in [5, 5.41) is 14.0. The van der Waals surface area contributed by atoms with Gasteiger partial charge in [0, 0.05) is 29.8 Å². The first-order valence-electron chi connectivity index (χ1n) is 11.7. The molecule has 2 aromatic carbocycles. The number of nitrogens with zero attached hydrogens (tertiary/aromatic N) is 1. The minimum atomic E-state index is -1.04. The van der Waals surface area contributed by atoms with E-state index in [1.54, 1.807) is 6.92 Å². The van der Waals surface area contributed by atoms with E-state index < -0.39 is 5.41 Å². The van der Waals surface area contributed by atoms with Gasteiger partial charge >= 0.3 is 0 Å². The minimum absolute atomic E-state index is 0.198. The highest BCUT2D eigenvalue weighted by Crippen LogP contribution is 2.27. The highest BCUT2D eigenvalue weighted by atomic mass is 16.5. The molecular formula is C28H36N2O4. The van der Waals surface area contributed by atoms with Crippen LogP contribution in [0.3, 0.4) is 0 Å². The van der Waals surface area contributed by atoms with Gasteiger partial charge in [0.1, 0.15) is 12.4 Å². The van der Waals surface area contributed by atoms with Crippen molar-refractivity contribution < 1.29 is 19.4 Å². The lowest BCUT2D eigenvalue weighted by Gasteiger charge is -2.27. The summed E-state index contributed by atoms with van der Waals surface area (Å²) in [5.74, 6) is 0.487. The van der Waals surface area contributed by atoms with Gasteiger partial charge in [0.2, 0.25) is 5.91 Å². The quantitative estimate of drug-likeness (QED) is 0.425. The third kappa shape index (κ3) is 6.55. The van der Waals surface area contributed by atoms with Gasteiger partial charge in [-0.15, -0.1) is 0 Å². The summed E-state index contributed by atoms with van der Waals surface area (Å²) in [4.78, 5) is 17.4. The van der Waals surface area contributed by atoms with Crippen LogP contribution in [0.15, 0.2) is 54.6 Å². The number of nitrogens with one attached hydrogen (secondary N) is 1. The predicted octanol–water partition coefficient (Wildman–Crippen LogP) is 4.69. The Morgan fingerprint density at radius 3 is 2.44 bits per heavy atom. The number of fused-ring (bicyclic) bond motifs is 1. The van der Waals surface area contributed by atoms with Gasteiger partial charge in [-0.3, -0.25) is 9.78 Å². The second-order valence-electron chi connectivity index (χ2n) is 9.81. The monoisotopic (exact) mass is 464 g/mol. The van der Waals surface area contributed by atoms with Crippen molar-refractivity contribution in [3.63, 3.8) is 0 Å². The number of aromatic nitrogens is 1. The number of aliphatic hydroxyl groups is 1. The molecule has 0 aliphatic carbocycles. The first kappa shape index (κ1) is 25.7. The van der Waals surface area contributed by atoms with Crippen molar-refractivity contribution in [2.75, 3.05) is 19.8 Å². The third-order valence-corrected chi connectivity index (χ3v) is 5.77. The van der Waals surface area contributed by atoms with Gasteiger partial charge in [-0.1, -0.05) is 30.3 Å². The van der Waals surface area contributed by atoms with Crippen LogP contribution >= 0.6 is 0 Å². The molecular weight excluding hydrogens is 428 g/mol. The normalized spacial score (nSPS) is 13.5. The number of hydrogen-bond acceptors (Lipinski definition) is 5. The molecule has 0 saturated heterocycles. The van der Waals surface area contributed by atoms with Crippen molar-refractivity contribution in [2.24, 2.45) is 0 Å². The number of aliphatic hydroxyl groups excluding tert-OH is 1. The Kier molecular flexibility index (Phi) is 8.28. The largest absolute Gasteiger partial charge is 0.489 e. The van der Waals surface area contributed by atoms with Crippen LogP contribution < -0.4 is 10.1 Å². The second-order valence-corrected chi connectivity index (χ2v) is 9.81. The number of hydrogen-bond donors (Lipinski definition) is 2. The van der Waals surface area contributed by atoms with Gasteiger partial charge in [-0.05, 0) is 70.9 Å². The van der Waals surface area contributed by atoms with Crippen molar-refractivity contribution in [2.45, 2.75) is 58.7 Å². The van der Waals surface area contributed by atoms with E-state index in [-0.39, 0.29) is 18.1 Å². The Morgan fingerprint density at radius 1 is 1.06 bits per heavy atom. The molecule has 1 unspecified atom stereocenters. The zero-order valence-electron chi connectivity index (χ0n) is 20.9. The molecule has 3 aromatic rings. The smallest absolute Gasteiger partial charge is 0.232 e. The fraction of sp³-hybridized carbons (Fsp3) is 0.429. The van der Waals surface area contributed by atoms with Gasteiger partial charge in [-0.25, -0.2) is 0 Å². The fourth-order valence-electron chi connectivity index (χ4n) is 3.74. The Balaban J connectivity index is 1.61. The van der Waals surface area contributed by atoms with E-state index in [0.29, 0.717) is 31.9 Å². The van der Waals surface area contributed by atoms with Crippen LogP contribution in [0.2, 0.25) is 0 Å². The lowest BCUT2D eigenvalue weighted by atomic mass is 9.82. The summed E-state index contributed by atoms with van der Waals surface area (Å²) in [6.45, 7) is 10.9. The van der Waals surface area contributed by atoms with E-state index in [0.717, 1.165) is 27.7 Å². The summed E-state index contributed by atoms with van der Waals surface area (Å²) in [7, 11) is 0. The molecule has 0 fully saturated rings. The summed E-state index contributed by atoms with van der Waals surface area (Å²) < 4.78 is 11.7. The van der Waals surface area contributed by atoms with Crippen molar-refractivity contribution in [3.05, 3.63) is 71.4 Å². The van der Waals surface area contributed by atoms with E-state index >= 15 is 0 Å². The Bertz CT molecular complexity index is 1110. The number of carbonyl (C=O) groups is 1. The van der Waals surface area contributed by atoms with Crippen LogP contribution in [0.25, 0.3) is 10.9 Å². The average Bonchev–Trinajstić information content (AvgIpc) is 2.81. The molecule has 182 valence electrons. The number of ether oxygens (including phenoxy) is 2. The Morgan fingerprint density at radius 2 is 1.76 bits per heavy atom.